The minimum atomic E-state index is -1.28. The van der Waals surface area contributed by atoms with Gasteiger partial charge in [0, 0.05) is 0 Å². The van der Waals surface area contributed by atoms with E-state index < -0.39 is 16.5 Å². The molecule has 0 amide bonds. The van der Waals surface area contributed by atoms with Crippen molar-refractivity contribution in [3.63, 3.8) is 0 Å². The predicted octanol–water partition coefficient (Wildman–Crippen LogP) is 1.11. The maximum absolute atomic E-state index is 3.91. The predicted molar refractivity (Wildman–Crippen MR) is 63.8 cm³/mol. The Morgan fingerprint density at radius 1 is 0.846 bits per heavy atom. The highest BCUT2D eigenvalue weighted by atomic mass is 28.4. The fourth-order valence-electron chi connectivity index (χ4n) is 2.49. The van der Waals surface area contributed by atoms with E-state index in [0.717, 1.165) is 0 Å². The average Bonchev–Trinajstić information content (AvgIpc) is 2.20. The summed E-state index contributed by atoms with van der Waals surface area (Å²) in [5.41, 5.74) is 0. The fraction of sp³-hybridized carbons (Fsp3) is 0.400. The molecule has 1 aromatic rings. The minimum Gasteiger partial charge on any atom is -0.353 e. The molecule has 0 aromatic heterocycles. The highest BCUT2D eigenvalue weighted by Gasteiger charge is 2.43. The van der Waals surface area contributed by atoms with E-state index in [2.05, 4.69) is 55.1 Å². The van der Waals surface area contributed by atoms with Crippen molar-refractivity contribution >= 4 is 26.8 Å². The number of rotatable bonds is 0. The first-order chi connectivity index (χ1) is 5.93. The second-order valence-corrected chi connectivity index (χ2v) is 13.5. The van der Waals surface area contributed by atoms with Gasteiger partial charge in [-0.25, -0.2) is 0 Å². The summed E-state index contributed by atoms with van der Waals surface area (Å²) in [7, 11) is -2.57. The van der Waals surface area contributed by atoms with Gasteiger partial charge in [0.2, 0.25) is 0 Å². The molecule has 0 spiro atoms. The molecule has 1 aromatic carbocycles. The van der Waals surface area contributed by atoms with E-state index in [0.29, 0.717) is 0 Å². The molecule has 1 heterocycles. The van der Waals surface area contributed by atoms with Crippen LogP contribution in [0.4, 0.5) is 0 Å². The molecular weight excluding hydrogens is 190 g/mol. The molecule has 1 aliphatic heterocycles. The molecule has 0 aliphatic carbocycles. The summed E-state index contributed by atoms with van der Waals surface area (Å²) in [6, 6.07) is 8.97. The molecule has 1 aliphatic rings. The molecule has 0 saturated heterocycles. The molecule has 1 nitrogen and oxygen atoms in total. The first-order valence-corrected chi connectivity index (χ1v) is 10.8. The summed E-state index contributed by atoms with van der Waals surface area (Å²) in [5, 5.41) is 3.26. The molecule has 1 N–H and O–H groups in total. The van der Waals surface area contributed by atoms with Crippen molar-refractivity contribution in [1.29, 1.82) is 0 Å². The van der Waals surface area contributed by atoms with E-state index in [-0.39, 0.29) is 0 Å². The summed E-state index contributed by atoms with van der Waals surface area (Å²) >= 11 is 0. The molecule has 0 radical (unpaired) electrons. The average molecular weight is 207 g/mol. The first-order valence-electron chi connectivity index (χ1n) is 4.83. The quantitative estimate of drug-likeness (QED) is 0.629. The molecule has 0 atom stereocenters. The second kappa shape index (κ2) is 2.56. The van der Waals surface area contributed by atoms with Crippen molar-refractivity contribution in [3.05, 3.63) is 24.3 Å². The van der Waals surface area contributed by atoms with Gasteiger partial charge < -0.3 is 4.65 Å². The number of hydrogen-bond acceptors (Lipinski definition) is 1. The molecule has 2 rings (SSSR count). The highest BCUT2D eigenvalue weighted by molar-refractivity contribution is 7.10. The number of nitrogens with one attached hydrogen (secondary N) is 1. The lowest BCUT2D eigenvalue weighted by molar-refractivity contribution is 1.38. The Morgan fingerprint density at radius 3 is 1.62 bits per heavy atom. The Hall–Kier alpha value is -0.386. The molecular formula is C10H17NSi2. The molecule has 0 bridgehead atoms. The van der Waals surface area contributed by atoms with Gasteiger partial charge in [0.05, 0.1) is 0 Å². The van der Waals surface area contributed by atoms with Crippen molar-refractivity contribution in [1.82, 2.24) is 4.65 Å². The van der Waals surface area contributed by atoms with Crippen LogP contribution >= 0.6 is 0 Å². The minimum absolute atomic E-state index is 1.28. The van der Waals surface area contributed by atoms with Crippen LogP contribution in [0.25, 0.3) is 0 Å². The SMILES string of the molecule is C[Si]1(C)N[Si](C)(C)c2ccccc21. The van der Waals surface area contributed by atoms with Gasteiger partial charge in [-0.2, -0.15) is 0 Å². The van der Waals surface area contributed by atoms with Crippen molar-refractivity contribution in [3.8, 4) is 0 Å². The Bertz CT molecular complexity index is 312. The maximum Gasteiger partial charge on any atom is 0.145 e. The third-order valence-corrected chi connectivity index (χ3v) is 11.7. The van der Waals surface area contributed by atoms with Gasteiger partial charge in [0.25, 0.3) is 0 Å². The zero-order chi connectivity index (χ0) is 9.69. The van der Waals surface area contributed by atoms with Crippen molar-refractivity contribution in [2.45, 2.75) is 26.2 Å². The summed E-state index contributed by atoms with van der Waals surface area (Å²) in [5.74, 6) is 0. The molecule has 0 saturated carbocycles. The Kier molecular flexibility index (Phi) is 1.81. The van der Waals surface area contributed by atoms with Crippen LogP contribution in [0.5, 0.6) is 0 Å². The monoisotopic (exact) mass is 207 g/mol. The van der Waals surface area contributed by atoms with Crippen molar-refractivity contribution in [2.75, 3.05) is 0 Å². The number of hydrogen-bond donors (Lipinski definition) is 1. The van der Waals surface area contributed by atoms with E-state index in [9.17, 15) is 0 Å². The molecule has 3 heteroatoms. The van der Waals surface area contributed by atoms with Gasteiger partial charge in [-0.05, 0) is 10.4 Å². The Labute approximate surface area is 82.4 Å². The van der Waals surface area contributed by atoms with Gasteiger partial charge in [-0.1, -0.05) is 50.5 Å². The second-order valence-electron chi connectivity index (χ2n) is 4.92. The molecule has 13 heavy (non-hydrogen) atoms. The summed E-state index contributed by atoms with van der Waals surface area (Å²) in [4.78, 5) is 0. The third kappa shape index (κ3) is 1.31. The zero-order valence-corrected chi connectivity index (χ0v) is 10.8. The van der Waals surface area contributed by atoms with E-state index in [4.69, 9.17) is 0 Å². The number of benzene rings is 1. The lowest BCUT2D eigenvalue weighted by Gasteiger charge is -2.22. The van der Waals surface area contributed by atoms with Crippen molar-refractivity contribution < 1.29 is 0 Å². The summed E-state index contributed by atoms with van der Waals surface area (Å²) < 4.78 is 3.91. The molecule has 70 valence electrons. The summed E-state index contributed by atoms with van der Waals surface area (Å²) in [6.45, 7) is 9.64. The van der Waals surface area contributed by atoms with Crippen LogP contribution in [0.2, 0.25) is 26.2 Å². The largest absolute Gasteiger partial charge is 0.353 e. The smallest absolute Gasteiger partial charge is 0.145 e. The first kappa shape index (κ1) is 9.18. The van der Waals surface area contributed by atoms with Crippen LogP contribution in [0.3, 0.4) is 0 Å². The highest BCUT2D eigenvalue weighted by Crippen LogP contribution is 2.12. The maximum atomic E-state index is 3.91. The van der Waals surface area contributed by atoms with Crippen LogP contribution in [0.15, 0.2) is 24.3 Å². The zero-order valence-electron chi connectivity index (χ0n) is 8.81. The normalized spacial score (nSPS) is 22.8. The standard InChI is InChI=1S/C10H17NSi2/c1-12(2)9-7-5-6-8-10(9)13(3,4)11-12/h5-8,11H,1-4H3. The van der Waals surface area contributed by atoms with Gasteiger partial charge in [-0.3, -0.25) is 0 Å². The molecule has 0 fully saturated rings. The lowest BCUT2D eigenvalue weighted by Crippen LogP contribution is -2.56. The fourth-order valence-corrected chi connectivity index (χ4v) is 14.2. The number of fused-ring (bicyclic) bond motifs is 1. The van der Waals surface area contributed by atoms with Crippen LogP contribution in [0, 0.1) is 0 Å². The van der Waals surface area contributed by atoms with Gasteiger partial charge in [-0.15, -0.1) is 0 Å². The van der Waals surface area contributed by atoms with Crippen LogP contribution in [-0.4, -0.2) is 16.5 Å². The van der Waals surface area contributed by atoms with E-state index in [1.54, 1.807) is 10.4 Å². The van der Waals surface area contributed by atoms with Gasteiger partial charge in [0.15, 0.2) is 0 Å². The topological polar surface area (TPSA) is 12.0 Å². The van der Waals surface area contributed by atoms with Gasteiger partial charge >= 0.3 is 0 Å². The van der Waals surface area contributed by atoms with E-state index in [1.165, 1.54) is 0 Å². The van der Waals surface area contributed by atoms with E-state index in [1.807, 2.05) is 0 Å². The Morgan fingerprint density at radius 2 is 1.23 bits per heavy atom. The van der Waals surface area contributed by atoms with E-state index >= 15 is 0 Å². The van der Waals surface area contributed by atoms with Crippen LogP contribution < -0.4 is 15.0 Å². The summed E-state index contributed by atoms with van der Waals surface area (Å²) in [6.07, 6.45) is 0. The van der Waals surface area contributed by atoms with Crippen LogP contribution in [-0.2, 0) is 0 Å². The van der Waals surface area contributed by atoms with Crippen LogP contribution in [0.1, 0.15) is 0 Å². The lowest BCUT2D eigenvalue weighted by atomic mass is 10.4. The molecule has 0 unspecified atom stereocenters. The third-order valence-electron chi connectivity index (χ3n) is 2.90. The van der Waals surface area contributed by atoms with Crippen molar-refractivity contribution in [2.24, 2.45) is 0 Å². The Balaban J connectivity index is 2.64. The van der Waals surface area contributed by atoms with Gasteiger partial charge in [0.1, 0.15) is 16.5 Å².